The minimum absolute atomic E-state index is 0.537. The monoisotopic (exact) mass is 377 g/mol. The fourth-order valence-electron chi connectivity index (χ4n) is 3.38. The lowest BCUT2D eigenvalue weighted by molar-refractivity contribution is 0.858. The van der Waals surface area contributed by atoms with E-state index < -0.39 is 0 Å². The zero-order valence-corrected chi connectivity index (χ0v) is 15.2. The number of fused-ring (bicyclic) bond motifs is 4. The highest BCUT2D eigenvalue weighted by molar-refractivity contribution is 6.36. The average molecular weight is 378 g/mol. The van der Waals surface area contributed by atoms with Crippen molar-refractivity contribution in [3.8, 4) is 0 Å². The molecule has 126 valence electrons. The van der Waals surface area contributed by atoms with Gasteiger partial charge in [0.05, 0.1) is 23.1 Å². The smallest absolute Gasteiger partial charge is 0.160 e. The maximum absolute atomic E-state index is 6.41. The van der Waals surface area contributed by atoms with Gasteiger partial charge in [0, 0.05) is 21.0 Å². The molecule has 0 amide bonds. The molecule has 0 aliphatic heterocycles. The minimum atomic E-state index is 0.537. The van der Waals surface area contributed by atoms with Crippen LogP contribution in [-0.2, 0) is 6.54 Å². The van der Waals surface area contributed by atoms with Crippen LogP contribution in [0.3, 0.4) is 0 Å². The van der Waals surface area contributed by atoms with E-state index in [9.17, 15) is 0 Å². The molecule has 0 saturated heterocycles. The molecule has 0 aliphatic carbocycles. The lowest BCUT2D eigenvalue weighted by Gasteiger charge is -2.10. The number of nitrogens with zero attached hydrogens (tertiary/aromatic N) is 3. The van der Waals surface area contributed by atoms with Gasteiger partial charge in [-0.2, -0.15) is 0 Å². The molecule has 2 aromatic heterocycles. The van der Waals surface area contributed by atoms with Gasteiger partial charge in [-0.1, -0.05) is 59.6 Å². The first-order valence-corrected chi connectivity index (χ1v) is 9.04. The van der Waals surface area contributed by atoms with Crippen molar-refractivity contribution < 1.29 is 0 Å². The maximum atomic E-state index is 6.41. The zero-order valence-electron chi connectivity index (χ0n) is 13.7. The summed E-state index contributed by atoms with van der Waals surface area (Å²) in [5.74, 6) is 0. The Labute approximate surface area is 159 Å². The molecule has 5 heteroatoms. The predicted molar refractivity (Wildman–Crippen MR) is 108 cm³/mol. The van der Waals surface area contributed by atoms with Gasteiger partial charge in [0.1, 0.15) is 5.52 Å². The standard InChI is InChI=1S/C21H13Cl2N3/c22-15-7-5-8-16(23)14(15)12-26-19-11-4-1-6-13(19)20-21(26)25-18-10-3-2-9-17(18)24-20/h1-11H,12H2. The normalized spacial score (nSPS) is 11.6. The van der Waals surface area contributed by atoms with Crippen molar-refractivity contribution in [2.75, 3.05) is 0 Å². The number of hydrogen-bond donors (Lipinski definition) is 0. The van der Waals surface area contributed by atoms with Crippen molar-refractivity contribution in [1.29, 1.82) is 0 Å². The molecule has 0 bridgehead atoms. The molecule has 0 N–H and O–H groups in total. The third-order valence-electron chi connectivity index (χ3n) is 4.64. The first-order valence-electron chi connectivity index (χ1n) is 8.29. The Morgan fingerprint density at radius 1 is 0.731 bits per heavy atom. The number of halogens is 2. The van der Waals surface area contributed by atoms with Crippen LogP contribution in [-0.4, -0.2) is 14.5 Å². The number of aromatic nitrogens is 3. The third kappa shape index (κ3) is 2.36. The molecule has 0 unspecified atom stereocenters. The highest BCUT2D eigenvalue weighted by Crippen LogP contribution is 2.32. The highest BCUT2D eigenvalue weighted by Gasteiger charge is 2.16. The summed E-state index contributed by atoms with van der Waals surface area (Å²) in [6, 6.07) is 21.7. The van der Waals surface area contributed by atoms with Crippen molar-refractivity contribution in [2.45, 2.75) is 6.54 Å². The molecule has 3 nitrogen and oxygen atoms in total. The van der Waals surface area contributed by atoms with E-state index >= 15 is 0 Å². The van der Waals surface area contributed by atoms with Crippen LogP contribution in [0.2, 0.25) is 10.0 Å². The molecule has 0 atom stereocenters. The lowest BCUT2D eigenvalue weighted by atomic mass is 10.2. The number of hydrogen-bond acceptors (Lipinski definition) is 2. The summed E-state index contributed by atoms with van der Waals surface area (Å²) >= 11 is 12.8. The lowest BCUT2D eigenvalue weighted by Crippen LogP contribution is -2.02. The summed E-state index contributed by atoms with van der Waals surface area (Å²) in [5.41, 5.74) is 5.43. The first kappa shape index (κ1) is 15.6. The Bertz CT molecular complexity index is 1270. The second-order valence-corrected chi connectivity index (χ2v) is 7.00. The molecular formula is C21H13Cl2N3. The Kier molecular flexibility index (Phi) is 3.59. The van der Waals surface area contributed by atoms with Gasteiger partial charge in [0.2, 0.25) is 0 Å². The average Bonchev–Trinajstić information content (AvgIpc) is 2.96. The Hall–Kier alpha value is -2.62. The summed E-state index contributed by atoms with van der Waals surface area (Å²) in [4.78, 5) is 9.75. The van der Waals surface area contributed by atoms with Gasteiger partial charge in [0.15, 0.2) is 5.65 Å². The van der Waals surface area contributed by atoms with Crippen molar-refractivity contribution in [3.05, 3.63) is 82.3 Å². The van der Waals surface area contributed by atoms with Gasteiger partial charge >= 0.3 is 0 Å². The van der Waals surface area contributed by atoms with Gasteiger partial charge < -0.3 is 4.57 Å². The van der Waals surface area contributed by atoms with E-state index in [1.54, 1.807) is 0 Å². The minimum Gasteiger partial charge on any atom is -0.319 e. The van der Waals surface area contributed by atoms with E-state index in [2.05, 4.69) is 16.7 Å². The molecule has 5 rings (SSSR count). The summed E-state index contributed by atoms with van der Waals surface area (Å²) in [5, 5.41) is 2.37. The van der Waals surface area contributed by atoms with Crippen LogP contribution in [0.25, 0.3) is 33.1 Å². The van der Waals surface area contributed by atoms with E-state index in [4.69, 9.17) is 33.2 Å². The molecular weight excluding hydrogens is 365 g/mol. The van der Waals surface area contributed by atoms with E-state index in [0.717, 1.165) is 38.7 Å². The van der Waals surface area contributed by atoms with E-state index in [1.165, 1.54) is 0 Å². The van der Waals surface area contributed by atoms with E-state index in [-0.39, 0.29) is 0 Å². The number of benzene rings is 3. The Morgan fingerprint density at radius 2 is 1.38 bits per heavy atom. The highest BCUT2D eigenvalue weighted by atomic mass is 35.5. The van der Waals surface area contributed by atoms with Crippen LogP contribution in [0.1, 0.15) is 5.56 Å². The molecule has 0 saturated carbocycles. The van der Waals surface area contributed by atoms with Crippen LogP contribution in [0, 0.1) is 0 Å². The van der Waals surface area contributed by atoms with Gasteiger partial charge in [-0.25, -0.2) is 9.97 Å². The van der Waals surface area contributed by atoms with Crippen molar-refractivity contribution in [1.82, 2.24) is 14.5 Å². The quantitative estimate of drug-likeness (QED) is 0.372. The van der Waals surface area contributed by atoms with E-state index in [0.29, 0.717) is 16.6 Å². The molecule has 26 heavy (non-hydrogen) atoms. The largest absolute Gasteiger partial charge is 0.319 e. The molecule has 3 aromatic carbocycles. The SMILES string of the molecule is Clc1cccc(Cl)c1Cn1c2ccccc2c2nc3ccccc3nc21. The summed E-state index contributed by atoms with van der Waals surface area (Å²) < 4.78 is 2.14. The maximum Gasteiger partial charge on any atom is 0.160 e. The summed E-state index contributed by atoms with van der Waals surface area (Å²) in [7, 11) is 0. The topological polar surface area (TPSA) is 30.7 Å². The van der Waals surface area contributed by atoms with Gasteiger partial charge in [-0.15, -0.1) is 0 Å². The van der Waals surface area contributed by atoms with Crippen LogP contribution >= 0.6 is 23.2 Å². The Balaban J connectivity index is 1.86. The first-order chi connectivity index (χ1) is 12.7. The Morgan fingerprint density at radius 3 is 2.15 bits per heavy atom. The fourth-order valence-corrected chi connectivity index (χ4v) is 3.90. The number of para-hydroxylation sites is 3. The zero-order chi connectivity index (χ0) is 17.7. The number of rotatable bonds is 2. The summed E-state index contributed by atoms with van der Waals surface area (Å²) in [6.45, 7) is 0.537. The van der Waals surface area contributed by atoms with Crippen LogP contribution in [0.5, 0.6) is 0 Å². The third-order valence-corrected chi connectivity index (χ3v) is 5.34. The van der Waals surface area contributed by atoms with Crippen molar-refractivity contribution in [2.24, 2.45) is 0 Å². The van der Waals surface area contributed by atoms with Crippen LogP contribution in [0.4, 0.5) is 0 Å². The molecule has 0 radical (unpaired) electrons. The second kappa shape index (κ2) is 5.97. The molecule has 0 fully saturated rings. The van der Waals surface area contributed by atoms with Crippen molar-refractivity contribution in [3.63, 3.8) is 0 Å². The predicted octanol–water partition coefficient (Wildman–Crippen LogP) is 6.09. The van der Waals surface area contributed by atoms with Crippen LogP contribution in [0.15, 0.2) is 66.7 Å². The van der Waals surface area contributed by atoms with Gasteiger partial charge in [0.25, 0.3) is 0 Å². The van der Waals surface area contributed by atoms with Gasteiger partial charge in [-0.3, -0.25) is 0 Å². The van der Waals surface area contributed by atoms with Crippen molar-refractivity contribution >= 4 is 56.3 Å². The molecule has 5 aromatic rings. The molecule has 2 heterocycles. The van der Waals surface area contributed by atoms with Gasteiger partial charge in [-0.05, 0) is 30.3 Å². The molecule has 0 spiro atoms. The van der Waals surface area contributed by atoms with Crippen LogP contribution < -0.4 is 0 Å². The van der Waals surface area contributed by atoms with E-state index in [1.807, 2.05) is 54.6 Å². The fraction of sp³-hybridized carbons (Fsp3) is 0.0476. The second-order valence-electron chi connectivity index (χ2n) is 6.19. The summed E-state index contributed by atoms with van der Waals surface area (Å²) in [6.07, 6.45) is 0. The molecule has 0 aliphatic rings.